The lowest BCUT2D eigenvalue weighted by Gasteiger charge is -2.10. The first kappa shape index (κ1) is 10.4. The van der Waals surface area contributed by atoms with Gasteiger partial charge in [0, 0.05) is 13.6 Å². The molecule has 3 N–H and O–H groups in total. The molecule has 0 saturated carbocycles. The van der Waals surface area contributed by atoms with Crippen LogP contribution in [-0.2, 0) is 0 Å². The van der Waals surface area contributed by atoms with Gasteiger partial charge < -0.3 is 16.0 Å². The monoisotopic (exact) mass is 193 g/mol. The standard InChI is InChI=1S/C10H15N3O/c1-3-12-10(14)13-9-7-5-4-6-8(9)11-2/h4-7,11H,3H2,1-2H3,(H2,12,13,14). The number of rotatable bonds is 3. The van der Waals surface area contributed by atoms with Crippen molar-refractivity contribution in [2.75, 3.05) is 24.2 Å². The van der Waals surface area contributed by atoms with Crippen molar-refractivity contribution in [2.45, 2.75) is 6.92 Å². The van der Waals surface area contributed by atoms with Crippen LogP contribution in [0, 0.1) is 0 Å². The number of hydrogen-bond donors (Lipinski definition) is 3. The van der Waals surface area contributed by atoms with E-state index in [0.29, 0.717) is 6.54 Å². The molecule has 1 aromatic rings. The average molecular weight is 193 g/mol. The van der Waals surface area contributed by atoms with Crippen LogP contribution in [0.2, 0.25) is 0 Å². The van der Waals surface area contributed by atoms with Crippen LogP contribution in [0.1, 0.15) is 6.92 Å². The molecule has 0 bridgehead atoms. The van der Waals surface area contributed by atoms with Crippen molar-refractivity contribution in [3.05, 3.63) is 24.3 Å². The van der Waals surface area contributed by atoms with Gasteiger partial charge in [0.05, 0.1) is 11.4 Å². The normalized spacial score (nSPS) is 9.29. The molecule has 0 spiro atoms. The fourth-order valence-corrected chi connectivity index (χ4v) is 1.14. The highest BCUT2D eigenvalue weighted by Crippen LogP contribution is 2.19. The first-order chi connectivity index (χ1) is 6.77. The van der Waals surface area contributed by atoms with Crippen molar-refractivity contribution in [3.8, 4) is 0 Å². The van der Waals surface area contributed by atoms with E-state index in [2.05, 4.69) is 16.0 Å². The molecule has 14 heavy (non-hydrogen) atoms. The van der Waals surface area contributed by atoms with Crippen molar-refractivity contribution in [1.82, 2.24) is 5.32 Å². The molecule has 0 aromatic heterocycles. The molecule has 2 amide bonds. The van der Waals surface area contributed by atoms with Gasteiger partial charge in [-0.25, -0.2) is 4.79 Å². The fraction of sp³-hybridized carbons (Fsp3) is 0.300. The predicted octanol–water partition coefficient (Wildman–Crippen LogP) is 1.87. The maximum Gasteiger partial charge on any atom is 0.319 e. The molecule has 4 nitrogen and oxygen atoms in total. The number of urea groups is 1. The molecule has 0 heterocycles. The summed E-state index contributed by atoms with van der Waals surface area (Å²) in [6.07, 6.45) is 0. The Labute approximate surface area is 83.7 Å². The van der Waals surface area contributed by atoms with Crippen molar-refractivity contribution in [3.63, 3.8) is 0 Å². The smallest absolute Gasteiger partial charge is 0.319 e. The number of hydrogen-bond acceptors (Lipinski definition) is 2. The Bertz CT molecular complexity index is 312. The summed E-state index contributed by atoms with van der Waals surface area (Å²) in [5, 5.41) is 8.42. The zero-order valence-corrected chi connectivity index (χ0v) is 8.42. The number of carbonyl (C=O) groups is 1. The highest BCUT2D eigenvalue weighted by atomic mass is 16.2. The molecule has 1 rings (SSSR count). The topological polar surface area (TPSA) is 53.2 Å². The van der Waals surface area contributed by atoms with E-state index < -0.39 is 0 Å². The summed E-state index contributed by atoms with van der Waals surface area (Å²) in [5.41, 5.74) is 1.68. The summed E-state index contributed by atoms with van der Waals surface area (Å²) in [7, 11) is 1.82. The number of benzene rings is 1. The number of anilines is 2. The van der Waals surface area contributed by atoms with Crippen molar-refractivity contribution < 1.29 is 4.79 Å². The number of para-hydroxylation sites is 2. The molecular weight excluding hydrogens is 178 g/mol. The number of carbonyl (C=O) groups excluding carboxylic acids is 1. The maximum atomic E-state index is 11.2. The minimum atomic E-state index is -0.185. The molecule has 0 saturated heterocycles. The molecule has 0 aliphatic rings. The van der Waals surface area contributed by atoms with Crippen molar-refractivity contribution >= 4 is 17.4 Å². The SMILES string of the molecule is CCNC(=O)Nc1ccccc1NC. The van der Waals surface area contributed by atoms with Crippen LogP contribution in [0.5, 0.6) is 0 Å². The van der Waals surface area contributed by atoms with E-state index in [1.54, 1.807) is 0 Å². The van der Waals surface area contributed by atoms with Crippen LogP contribution >= 0.6 is 0 Å². The van der Waals surface area contributed by atoms with Crippen molar-refractivity contribution in [1.29, 1.82) is 0 Å². The minimum absolute atomic E-state index is 0.185. The summed E-state index contributed by atoms with van der Waals surface area (Å²) in [5.74, 6) is 0. The van der Waals surface area contributed by atoms with E-state index >= 15 is 0 Å². The summed E-state index contributed by atoms with van der Waals surface area (Å²) < 4.78 is 0. The third-order valence-corrected chi connectivity index (χ3v) is 1.78. The minimum Gasteiger partial charge on any atom is -0.386 e. The lowest BCUT2D eigenvalue weighted by Crippen LogP contribution is -2.28. The van der Waals surface area contributed by atoms with Gasteiger partial charge in [-0.3, -0.25) is 0 Å². The average Bonchev–Trinajstić information content (AvgIpc) is 2.19. The lowest BCUT2D eigenvalue weighted by atomic mass is 10.2. The molecular formula is C10H15N3O. The van der Waals surface area contributed by atoms with Gasteiger partial charge in [0.15, 0.2) is 0 Å². The zero-order chi connectivity index (χ0) is 10.4. The maximum absolute atomic E-state index is 11.2. The quantitative estimate of drug-likeness (QED) is 0.686. The van der Waals surface area contributed by atoms with E-state index in [-0.39, 0.29) is 6.03 Å². The highest BCUT2D eigenvalue weighted by Gasteiger charge is 2.02. The van der Waals surface area contributed by atoms with Crippen LogP contribution in [0.3, 0.4) is 0 Å². The van der Waals surface area contributed by atoms with Gasteiger partial charge in [0.2, 0.25) is 0 Å². The molecule has 0 aliphatic carbocycles. The van der Waals surface area contributed by atoms with Gasteiger partial charge in [-0.1, -0.05) is 12.1 Å². The Morgan fingerprint density at radius 1 is 1.29 bits per heavy atom. The van der Waals surface area contributed by atoms with Gasteiger partial charge >= 0.3 is 6.03 Å². The first-order valence-electron chi connectivity index (χ1n) is 4.59. The van der Waals surface area contributed by atoms with E-state index in [9.17, 15) is 4.79 Å². The summed E-state index contributed by atoms with van der Waals surface area (Å²) in [4.78, 5) is 11.2. The van der Waals surface area contributed by atoms with Crippen LogP contribution in [0.25, 0.3) is 0 Å². The Morgan fingerprint density at radius 3 is 2.50 bits per heavy atom. The van der Waals surface area contributed by atoms with E-state index in [1.165, 1.54) is 0 Å². The van der Waals surface area contributed by atoms with Crippen LogP contribution < -0.4 is 16.0 Å². The van der Waals surface area contributed by atoms with Crippen LogP contribution in [0.15, 0.2) is 24.3 Å². The first-order valence-corrected chi connectivity index (χ1v) is 4.59. The molecule has 0 fully saturated rings. The molecule has 0 atom stereocenters. The summed E-state index contributed by atoms with van der Waals surface area (Å²) >= 11 is 0. The molecule has 76 valence electrons. The van der Waals surface area contributed by atoms with E-state index in [1.807, 2.05) is 38.2 Å². The Morgan fingerprint density at radius 2 is 1.93 bits per heavy atom. The van der Waals surface area contributed by atoms with E-state index in [0.717, 1.165) is 11.4 Å². The largest absolute Gasteiger partial charge is 0.386 e. The van der Waals surface area contributed by atoms with Gasteiger partial charge in [0.25, 0.3) is 0 Å². The zero-order valence-electron chi connectivity index (χ0n) is 8.42. The number of nitrogens with one attached hydrogen (secondary N) is 3. The predicted molar refractivity (Wildman–Crippen MR) is 58.7 cm³/mol. The van der Waals surface area contributed by atoms with Gasteiger partial charge in [-0.05, 0) is 19.1 Å². The third kappa shape index (κ3) is 2.65. The summed E-state index contributed by atoms with van der Waals surface area (Å²) in [6, 6.07) is 7.36. The molecule has 0 radical (unpaired) electrons. The fourth-order valence-electron chi connectivity index (χ4n) is 1.14. The second-order valence-electron chi connectivity index (χ2n) is 2.78. The third-order valence-electron chi connectivity index (χ3n) is 1.78. The van der Waals surface area contributed by atoms with E-state index in [4.69, 9.17) is 0 Å². The van der Waals surface area contributed by atoms with Gasteiger partial charge in [-0.2, -0.15) is 0 Å². The van der Waals surface area contributed by atoms with Crippen LogP contribution in [0.4, 0.5) is 16.2 Å². The Balaban J connectivity index is 2.70. The summed E-state index contributed by atoms with van der Waals surface area (Å²) in [6.45, 7) is 2.50. The molecule has 1 aromatic carbocycles. The second-order valence-corrected chi connectivity index (χ2v) is 2.78. The molecule has 0 aliphatic heterocycles. The Hall–Kier alpha value is -1.71. The lowest BCUT2D eigenvalue weighted by molar-refractivity contribution is 0.252. The molecule has 0 unspecified atom stereocenters. The van der Waals surface area contributed by atoms with Crippen molar-refractivity contribution in [2.24, 2.45) is 0 Å². The number of amides is 2. The van der Waals surface area contributed by atoms with Crippen LogP contribution in [-0.4, -0.2) is 19.6 Å². The van der Waals surface area contributed by atoms with Gasteiger partial charge in [0.1, 0.15) is 0 Å². The molecule has 4 heteroatoms. The highest BCUT2D eigenvalue weighted by molar-refractivity contribution is 5.92. The Kier molecular flexibility index (Phi) is 3.79. The van der Waals surface area contributed by atoms with Gasteiger partial charge in [-0.15, -0.1) is 0 Å². The second kappa shape index (κ2) is 5.11.